The Bertz CT molecular complexity index is 384. The lowest BCUT2D eigenvalue weighted by molar-refractivity contribution is 0.598. The first-order chi connectivity index (χ1) is 6.47. The maximum Gasteiger partial charge on any atom is 0.210 e. The molecule has 0 radical (unpaired) electrons. The maximum absolute atomic E-state index is 10.6. The summed E-state index contributed by atoms with van der Waals surface area (Å²) < 4.78 is 21.2. The van der Waals surface area contributed by atoms with Crippen LogP contribution in [0.15, 0.2) is 24.3 Å². The molecule has 0 aliphatic rings. The van der Waals surface area contributed by atoms with Crippen molar-refractivity contribution >= 4 is 15.7 Å². The Labute approximate surface area is 84.2 Å². The average Bonchev–Trinajstić information content (AvgIpc) is 2.06. The molecule has 0 spiro atoms. The van der Waals surface area contributed by atoms with E-state index in [4.69, 9.17) is 5.14 Å². The summed E-state index contributed by atoms with van der Waals surface area (Å²) in [6, 6.07) is 7.72. The molecule has 0 unspecified atom stereocenters. The Morgan fingerprint density at radius 2 is 1.86 bits per heavy atom. The second-order valence-corrected chi connectivity index (χ2v) is 4.89. The monoisotopic (exact) mass is 214 g/mol. The van der Waals surface area contributed by atoms with Gasteiger partial charge in [-0.15, -0.1) is 0 Å². The van der Waals surface area contributed by atoms with E-state index in [-0.39, 0.29) is 5.75 Å². The molecule has 0 amide bonds. The second-order valence-electron chi connectivity index (χ2n) is 3.16. The summed E-state index contributed by atoms with van der Waals surface area (Å²) >= 11 is 0. The molecular formula is C9H14N2O2S. The average molecular weight is 214 g/mol. The smallest absolute Gasteiger partial charge is 0.210 e. The lowest BCUT2D eigenvalue weighted by atomic mass is 10.2. The van der Waals surface area contributed by atoms with E-state index in [1.165, 1.54) is 5.56 Å². The summed E-state index contributed by atoms with van der Waals surface area (Å²) in [4.78, 5) is 0. The molecule has 14 heavy (non-hydrogen) atoms. The third kappa shape index (κ3) is 4.25. The van der Waals surface area contributed by atoms with Crippen molar-refractivity contribution in [2.24, 2.45) is 5.14 Å². The van der Waals surface area contributed by atoms with Crippen molar-refractivity contribution < 1.29 is 8.42 Å². The molecule has 0 bridgehead atoms. The lowest BCUT2D eigenvalue weighted by Crippen LogP contribution is -2.22. The van der Waals surface area contributed by atoms with Crippen LogP contribution in [-0.2, 0) is 10.0 Å². The van der Waals surface area contributed by atoms with Gasteiger partial charge in [-0.1, -0.05) is 17.7 Å². The summed E-state index contributed by atoms with van der Waals surface area (Å²) in [6.45, 7) is 2.33. The van der Waals surface area contributed by atoms with Crippen molar-refractivity contribution in [3.63, 3.8) is 0 Å². The highest BCUT2D eigenvalue weighted by Crippen LogP contribution is 2.07. The van der Waals surface area contributed by atoms with Crippen LogP contribution < -0.4 is 10.5 Å². The van der Waals surface area contributed by atoms with Gasteiger partial charge in [-0.05, 0) is 19.1 Å². The van der Waals surface area contributed by atoms with Crippen LogP contribution >= 0.6 is 0 Å². The molecule has 0 aromatic heterocycles. The number of benzene rings is 1. The highest BCUT2D eigenvalue weighted by Gasteiger charge is 2.00. The summed E-state index contributed by atoms with van der Waals surface area (Å²) in [6.07, 6.45) is 0. The number of rotatable bonds is 4. The summed E-state index contributed by atoms with van der Waals surface area (Å²) in [7, 11) is -3.36. The minimum Gasteiger partial charge on any atom is -0.384 e. The molecule has 0 saturated carbocycles. The van der Waals surface area contributed by atoms with Gasteiger partial charge in [0.1, 0.15) is 0 Å². The highest BCUT2D eigenvalue weighted by molar-refractivity contribution is 7.89. The molecule has 0 saturated heterocycles. The molecule has 1 aromatic carbocycles. The van der Waals surface area contributed by atoms with Crippen LogP contribution in [0.5, 0.6) is 0 Å². The first kappa shape index (κ1) is 11.0. The van der Waals surface area contributed by atoms with E-state index in [1.54, 1.807) is 0 Å². The molecule has 78 valence electrons. The van der Waals surface area contributed by atoms with Crippen LogP contribution in [0.4, 0.5) is 5.69 Å². The summed E-state index contributed by atoms with van der Waals surface area (Å²) in [5.41, 5.74) is 2.07. The van der Waals surface area contributed by atoms with Crippen molar-refractivity contribution in [2.75, 3.05) is 17.6 Å². The first-order valence-electron chi connectivity index (χ1n) is 4.28. The maximum atomic E-state index is 10.6. The Kier molecular flexibility index (Phi) is 3.49. The fourth-order valence-electron chi connectivity index (χ4n) is 1.01. The third-order valence-corrected chi connectivity index (χ3v) is 2.54. The second kappa shape index (κ2) is 4.43. The van der Waals surface area contributed by atoms with Crippen LogP contribution in [0.2, 0.25) is 0 Å². The van der Waals surface area contributed by atoms with Crippen molar-refractivity contribution in [1.82, 2.24) is 0 Å². The SMILES string of the molecule is Cc1ccc(NCCS(N)(=O)=O)cc1. The largest absolute Gasteiger partial charge is 0.384 e. The third-order valence-electron chi connectivity index (χ3n) is 1.77. The normalized spacial score (nSPS) is 11.3. The van der Waals surface area contributed by atoms with Gasteiger partial charge >= 0.3 is 0 Å². The molecule has 0 heterocycles. The molecule has 5 heteroatoms. The van der Waals surface area contributed by atoms with Gasteiger partial charge in [0.15, 0.2) is 0 Å². The van der Waals surface area contributed by atoms with Crippen molar-refractivity contribution in [3.05, 3.63) is 29.8 Å². The van der Waals surface area contributed by atoms with E-state index in [0.29, 0.717) is 6.54 Å². The minimum absolute atomic E-state index is 0.0547. The first-order valence-corrected chi connectivity index (χ1v) is 6.00. The van der Waals surface area contributed by atoms with Gasteiger partial charge in [-0.3, -0.25) is 0 Å². The lowest BCUT2D eigenvalue weighted by Gasteiger charge is -2.05. The molecule has 0 fully saturated rings. The van der Waals surface area contributed by atoms with Crippen LogP contribution in [0.3, 0.4) is 0 Å². The van der Waals surface area contributed by atoms with Crippen molar-refractivity contribution in [3.8, 4) is 0 Å². The van der Waals surface area contributed by atoms with E-state index in [1.807, 2.05) is 31.2 Å². The standard InChI is InChI=1S/C9H14N2O2S/c1-8-2-4-9(5-3-8)11-6-7-14(10,12)13/h2-5,11H,6-7H2,1H3,(H2,10,12,13). The highest BCUT2D eigenvalue weighted by atomic mass is 32.2. The van der Waals surface area contributed by atoms with E-state index in [9.17, 15) is 8.42 Å². The number of aryl methyl sites for hydroxylation is 1. The number of hydrogen-bond acceptors (Lipinski definition) is 3. The number of anilines is 1. The number of nitrogens with one attached hydrogen (secondary N) is 1. The fourth-order valence-corrected chi connectivity index (χ4v) is 1.40. The van der Waals surface area contributed by atoms with E-state index < -0.39 is 10.0 Å². The fraction of sp³-hybridized carbons (Fsp3) is 0.333. The van der Waals surface area contributed by atoms with E-state index in [0.717, 1.165) is 5.69 Å². The molecule has 0 atom stereocenters. The summed E-state index contributed by atoms with van der Waals surface area (Å²) in [5.74, 6) is -0.0547. The topological polar surface area (TPSA) is 72.2 Å². The van der Waals surface area contributed by atoms with Gasteiger partial charge < -0.3 is 5.32 Å². The van der Waals surface area contributed by atoms with Gasteiger partial charge in [0.05, 0.1) is 5.75 Å². The molecule has 3 N–H and O–H groups in total. The molecule has 1 rings (SSSR count). The Balaban J connectivity index is 2.43. The number of nitrogens with two attached hydrogens (primary N) is 1. The zero-order chi connectivity index (χ0) is 10.6. The molecule has 1 aromatic rings. The Morgan fingerprint density at radius 3 is 2.36 bits per heavy atom. The predicted octanol–water partition coefficient (Wildman–Crippen LogP) is 0.695. The quantitative estimate of drug-likeness (QED) is 0.774. The van der Waals surface area contributed by atoms with Crippen LogP contribution in [-0.4, -0.2) is 20.7 Å². The van der Waals surface area contributed by atoms with E-state index >= 15 is 0 Å². The Hall–Kier alpha value is -1.07. The van der Waals surface area contributed by atoms with Crippen LogP contribution in [0.25, 0.3) is 0 Å². The molecule has 4 nitrogen and oxygen atoms in total. The van der Waals surface area contributed by atoms with Gasteiger partial charge in [0.2, 0.25) is 10.0 Å². The van der Waals surface area contributed by atoms with Crippen LogP contribution in [0.1, 0.15) is 5.56 Å². The Morgan fingerprint density at radius 1 is 1.29 bits per heavy atom. The zero-order valence-electron chi connectivity index (χ0n) is 8.03. The molecule has 0 aliphatic heterocycles. The number of sulfonamides is 1. The number of hydrogen-bond donors (Lipinski definition) is 2. The van der Waals surface area contributed by atoms with Gasteiger partial charge in [-0.2, -0.15) is 0 Å². The van der Waals surface area contributed by atoms with E-state index in [2.05, 4.69) is 5.32 Å². The molecular weight excluding hydrogens is 200 g/mol. The van der Waals surface area contributed by atoms with Crippen LogP contribution in [0, 0.1) is 6.92 Å². The van der Waals surface area contributed by atoms with Gasteiger partial charge in [0.25, 0.3) is 0 Å². The van der Waals surface area contributed by atoms with Gasteiger partial charge in [-0.25, -0.2) is 13.6 Å². The number of primary sulfonamides is 1. The molecule has 0 aliphatic carbocycles. The predicted molar refractivity (Wildman–Crippen MR) is 57.6 cm³/mol. The summed E-state index contributed by atoms with van der Waals surface area (Å²) in [5, 5.41) is 7.83. The zero-order valence-corrected chi connectivity index (χ0v) is 8.84. The van der Waals surface area contributed by atoms with Crippen molar-refractivity contribution in [1.29, 1.82) is 0 Å². The van der Waals surface area contributed by atoms with Gasteiger partial charge in [0, 0.05) is 12.2 Å². The minimum atomic E-state index is -3.36. The van der Waals surface area contributed by atoms with Crippen molar-refractivity contribution in [2.45, 2.75) is 6.92 Å².